The minimum atomic E-state index is -0.484. The van der Waals surface area contributed by atoms with Crippen LogP contribution in [0, 0.1) is 10.1 Å². The number of nitro groups is 1. The first-order chi connectivity index (χ1) is 12.0. The average Bonchev–Trinajstić information content (AvgIpc) is 2.61. The van der Waals surface area contributed by atoms with Gasteiger partial charge in [-0.1, -0.05) is 30.3 Å². The summed E-state index contributed by atoms with van der Waals surface area (Å²) in [5.74, 6) is -0.211. The van der Waals surface area contributed by atoms with Crippen LogP contribution >= 0.6 is 15.9 Å². The van der Waals surface area contributed by atoms with Crippen molar-refractivity contribution >= 4 is 33.2 Å². The van der Waals surface area contributed by atoms with Gasteiger partial charge in [0, 0.05) is 29.3 Å². The number of nitro benzene ring substituents is 1. The molecule has 0 radical (unpaired) electrons. The van der Waals surface area contributed by atoms with E-state index in [1.54, 1.807) is 7.11 Å². The fourth-order valence-electron chi connectivity index (χ4n) is 2.34. The molecule has 2 rings (SSSR count). The number of nitrogens with one attached hydrogen (secondary N) is 1. The molecule has 7 nitrogen and oxygen atoms in total. The Labute approximate surface area is 153 Å². The first kappa shape index (κ1) is 19.0. The Morgan fingerprint density at radius 1 is 1.32 bits per heavy atom. The number of nitrogens with two attached hydrogens (primary N) is 1. The van der Waals surface area contributed by atoms with Crippen molar-refractivity contribution in [2.24, 2.45) is 0 Å². The molecule has 0 aliphatic carbocycles. The molecule has 0 unspecified atom stereocenters. The minimum absolute atomic E-state index is 0.0452. The molecule has 0 saturated carbocycles. The Bertz CT molecular complexity index is 740. The molecule has 0 bridgehead atoms. The summed E-state index contributed by atoms with van der Waals surface area (Å²) in [6.45, 7) is 1.16. The van der Waals surface area contributed by atoms with Gasteiger partial charge in [-0.25, -0.2) is 0 Å². The van der Waals surface area contributed by atoms with Crippen molar-refractivity contribution in [3.05, 3.63) is 68.7 Å². The van der Waals surface area contributed by atoms with Crippen LogP contribution in [0.4, 0.5) is 11.4 Å². The number of carbonyl (C=O) groups excluding carboxylic acids is 1. The fourth-order valence-corrected chi connectivity index (χ4v) is 2.80. The summed E-state index contributed by atoms with van der Waals surface area (Å²) < 4.78 is 5.50. The second-order valence-electron chi connectivity index (χ2n) is 5.32. The second-order valence-corrected chi connectivity index (χ2v) is 6.17. The van der Waals surface area contributed by atoms with Gasteiger partial charge in [0.15, 0.2) is 6.04 Å². The molecule has 2 aromatic rings. The van der Waals surface area contributed by atoms with Gasteiger partial charge in [-0.15, -0.1) is 0 Å². The first-order valence-electron chi connectivity index (χ1n) is 7.65. The molecule has 132 valence electrons. The topological polar surface area (TPSA) is 98.1 Å². The Hall–Kier alpha value is -2.29. The maximum absolute atomic E-state index is 12.7. The number of ether oxygens (including phenoxy) is 1. The van der Waals surface area contributed by atoms with E-state index in [4.69, 9.17) is 4.74 Å². The molecule has 0 aliphatic rings. The van der Waals surface area contributed by atoms with E-state index in [0.29, 0.717) is 23.3 Å². The SMILES string of the molecule is COCC[NH2+][C@H](C(=O)Nc1ccc([N+](=O)[O-])cc1Br)c1ccccc1. The van der Waals surface area contributed by atoms with Gasteiger partial charge in [0.2, 0.25) is 0 Å². The lowest BCUT2D eigenvalue weighted by Gasteiger charge is -2.16. The minimum Gasteiger partial charge on any atom is -0.379 e. The van der Waals surface area contributed by atoms with Crippen molar-refractivity contribution in [2.45, 2.75) is 6.04 Å². The zero-order valence-corrected chi connectivity index (χ0v) is 15.2. The van der Waals surface area contributed by atoms with Crippen LogP contribution in [0.25, 0.3) is 0 Å². The quantitative estimate of drug-likeness (QED) is 0.397. The Morgan fingerprint density at radius 3 is 2.64 bits per heavy atom. The van der Waals surface area contributed by atoms with E-state index in [0.717, 1.165) is 5.56 Å². The Balaban J connectivity index is 2.17. The summed E-state index contributed by atoms with van der Waals surface area (Å²) in [5, 5.41) is 15.5. The van der Waals surface area contributed by atoms with E-state index in [-0.39, 0.29) is 11.6 Å². The summed E-state index contributed by atoms with van der Waals surface area (Å²) in [4.78, 5) is 23.1. The number of halogens is 1. The molecule has 0 fully saturated rings. The van der Waals surface area contributed by atoms with Crippen LogP contribution in [0.5, 0.6) is 0 Å². The van der Waals surface area contributed by atoms with Crippen LogP contribution in [0.15, 0.2) is 53.0 Å². The van der Waals surface area contributed by atoms with Crippen molar-refractivity contribution < 1.29 is 19.8 Å². The monoisotopic (exact) mass is 408 g/mol. The molecule has 0 saturated heterocycles. The number of hydrogen-bond acceptors (Lipinski definition) is 4. The van der Waals surface area contributed by atoms with Crippen molar-refractivity contribution in [1.29, 1.82) is 0 Å². The van der Waals surface area contributed by atoms with Gasteiger partial charge in [0.1, 0.15) is 6.54 Å². The largest absolute Gasteiger partial charge is 0.379 e. The number of anilines is 1. The molecule has 25 heavy (non-hydrogen) atoms. The van der Waals surface area contributed by atoms with E-state index >= 15 is 0 Å². The number of hydrogen-bond donors (Lipinski definition) is 2. The number of benzene rings is 2. The Morgan fingerprint density at radius 2 is 2.04 bits per heavy atom. The molecular weight excluding hydrogens is 390 g/mol. The number of nitrogens with zero attached hydrogens (tertiary/aromatic N) is 1. The van der Waals surface area contributed by atoms with Crippen molar-refractivity contribution in [2.75, 3.05) is 25.6 Å². The van der Waals surface area contributed by atoms with Gasteiger partial charge >= 0.3 is 0 Å². The number of methoxy groups -OCH3 is 1. The highest BCUT2D eigenvalue weighted by Gasteiger charge is 2.24. The molecule has 0 aromatic heterocycles. The highest BCUT2D eigenvalue weighted by atomic mass is 79.9. The lowest BCUT2D eigenvalue weighted by Crippen LogP contribution is -2.88. The lowest BCUT2D eigenvalue weighted by molar-refractivity contribution is -0.683. The molecule has 1 amide bonds. The van der Waals surface area contributed by atoms with Crippen molar-refractivity contribution in [3.63, 3.8) is 0 Å². The number of rotatable bonds is 8. The van der Waals surface area contributed by atoms with Gasteiger partial charge < -0.3 is 15.4 Å². The zero-order chi connectivity index (χ0) is 18.2. The van der Waals surface area contributed by atoms with Gasteiger partial charge in [0.25, 0.3) is 11.6 Å². The number of quaternary nitrogens is 1. The molecule has 3 N–H and O–H groups in total. The maximum Gasteiger partial charge on any atom is 0.287 e. The molecule has 1 atom stereocenters. The highest BCUT2D eigenvalue weighted by Crippen LogP contribution is 2.27. The summed E-state index contributed by atoms with van der Waals surface area (Å²) in [6, 6.07) is 13.2. The number of carbonyl (C=O) groups is 1. The molecule has 0 heterocycles. The zero-order valence-electron chi connectivity index (χ0n) is 13.6. The summed E-state index contributed by atoms with van der Waals surface area (Å²) >= 11 is 3.26. The van der Waals surface area contributed by atoms with E-state index in [2.05, 4.69) is 21.2 Å². The van der Waals surface area contributed by atoms with Crippen LogP contribution in [-0.2, 0) is 9.53 Å². The van der Waals surface area contributed by atoms with Gasteiger partial charge in [-0.3, -0.25) is 14.9 Å². The highest BCUT2D eigenvalue weighted by molar-refractivity contribution is 9.10. The smallest absolute Gasteiger partial charge is 0.287 e. The van der Waals surface area contributed by atoms with Crippen molar-refractivity contribution in [3.8, 4) is 0 Å². The number of non-ortho nitro benzene ring substituents is 1. The van der Waals surface area contributed by atoms with Crippen LogP contribution in [0.2, 0.25) is 0 Å². The van der Waals surface area contributed by atoms with Gasteiger partial charge in [-0.2, -0.15) is 0 Å². The molecule has 0 spiro atoms. The third-order valence-electron chi connectivity index (χ3n) is 3.59. The standard InChI is InChI=1S/C17H18BrN3O4/c1-25-10-9-19-16(12-5-3-2-4-6-12)17(22)20-15-8-7-13(21(23)24)11-14(15)18/h2-8,11,16,19H,9-10H2,1H3,(H,20,22)/p+1/t16-/m0/s1. The van der Waals surface area contributed by atoms with Crippen LogP contribution < -0.4 is 10.6 Å². The molecule has 8 heteroatoms. The fraction of sp³-hybridized carbons (Fsp3) is 0.235. The van der Waals surface area contributed by atoms with E-state index < -0.39 is 11.0 Å². The van der Waals surface area contributed by atoms with E-state index in [9.17, 15) is 14.9 Å². The average molecular weight is 409 g/mol. The maximum atomic E-state index is 12.7. The van der Waals surface area contributed by atoms with E-state index in [1.165, 1.54) is 18.2 Å². The van der Waals surface area contributed by atoms with E-state index in [1.807, 2.05) is 35.6 Å². The van der Waals surface area contributed by atoms with Crippen LogP contribution in [0.1, 0.15) is 11.6 Å². The Kier molecular flexibility index (Phi) is 7.05. The van der Waals surface area contributed by atoms with Crippen LogP contribution in [-0.4, -0.2) is 31.1 Å². The van der Waals surface area contributed by atoms with Gasteiger partial charge in [-0.05, 0) is 22.0 Å². The predicted octanol–water partition coefficient (Wildman–Crippen LogP) is 2.25. The molecule has 0 aliphatic heterocycles. The second kappa shape index (κ2) is 9.26. The molecule has 2 aromatic carbocycles. The normalized spacial score (nSPS) is 11.8. The summed E-state index contributed by atoms with van der Waals surface area (Å²) in [7, 11) is 1.61. The molecular formula is C17H19BrN3O4+. The van der Waals surface area contributed by atoms with Gasteiger partial charge in [0.05, 0.1) is 17.2 Å². The third-order valence-corrected chi connectivity index (χ3v) is 4.24. The van der Waals surface area contributed by atoms with Crippen molar-refractivity contribution in [1.82, 2.24) is 0 Å². The number of amides is 1. The lowest BCUT2D eigenvalue weighted by atomic mass is 10.1. The summed E-state index contributed by atoms with van der Waals surface area (Å²) in [5.41, 5.74) is 1.31. The predicted molar refractivity (Wildman–Crippen MR) is 97.3 cm³/mol. The van der Waals surface area contributed by atoms with Crippen LogP contribution in [0.3, 0.4) is 0 Å². The third kappa shape index (κ3) is 5.35. The summed E-state index contributed by atoms with van der Waals surface area (Å²) in [6.07, 6.45) is 0. The first-order valence-corrected chi connectivity index (χ1v) is 8.44.